The van der Waals surface area contributed by atoms with Crippen LogP contribution in [0, 0.1) is 12.8 Å². The molecule has 0 bridgehead atoms. The summed E-state index contributed by atoms with van der Waals surface area (Å²) in [7, 11) is 0. The number of hydrogen-bond donors (Lipinski definition) is 1. The Labute approximate surface area is 149 Å². The second-order valence-electron chi connectivity index (χ2n) is 6.38. The van der Waals surface area contributed by atoms with Crippen LogP contribution in [0.25, 0.3) is 5.78 Å². The van der Waals surface area contributed by atoms with Crippen LogP contribution in [0.4, 0.5) is 5.69 Å². The Morgan fingerprint density at radius 2 is 2.04 bits per heavy atom. The Balaban J connectivity index is 1.41. The minimum atomic E-state index is -0.325. The van der Waals surface area contributed by atoms with Gasteiger partial charge in [0, 0.05) is 43.0 Å². The first kappa shape index (κ1) is 16.2. The second kappa shape index (κ2) is 6.55. The number of hydrogen-bond acceptors (Lipinski definition) is 5. The lowest BCUT2D eigenvalue weighted by atomic mass is 10.1. The van der Waals surface area contributed by atoms with Gasteiger partial charge in [-0.05, 0) is 25.1 Å². The molecule has 8 nitrogen and oxygen atoms in total. The number of carbonyl (C=O) groups is 2. The normalized spacial score (nSPS) is 17.0. The van der Waals surface area contributed by atoms with E-state index < -0.39 is 0 Å². The highest BCUT2D eigenvalue weighted by molar-refractivity contribution is 5.96. The van der Waals surface area contributed by atoms with Crippen LogP contribution >= 0.6 is 0 Å². The van der Waals surface area contributed by atoms with Gasteiger partial charge in [-0.15, -0.1) is 10.2 Å². The van der Waals surface area contributed by atoms with Crippen molar-refractivity contribution in [2.75, 3.05) is 18.0 Å². The van der Waals surface area contributed by atoms with Gasteiger partial charge < -0.3 is 10.2 Å². The van der Waals surface area contributed by atoms with E-state index in [1.807, 2.05) is 37.3 Å². The third-order valence-corrected chi connectivity index (χ3v) is 4.45. The Morgan fingerprint density at radius 1 is 1.23 bits per heavy atom. The average Bonchev–Trinajstić information content (AvgIpc) is 3.23. The highest BCUT2D eigenvalue weighted by atomic mass is 16.2. The summed E-state index contributed by atoms with van der Waals surface area (Å²) in [6.45, 7) is 2.84. The number of aromatic nitrogens is 4. The number of fused-ring (bicyclic) bond motifs is 1. The highest BCUT2D eigenvalue weighted by Gasteiger charge is 2.31. The van der Waals surface area contributed by atoms with Gasteiger partial charge in [-0.2, -0.15) is 0 Å². The quantitative estimate of drug-likeness (QED) is 0.764. The van der Waals surface area contributed by atoms with E-state index in [1.54, 1.807) is 21.6 Å². The van der Waals surface area contributed by atoms with Gasteiger partial charge in [0.15, 0.2) is 0 Å². The van der Waals surface area contributed by atoms with Crippen LogP contribution in [0.15, 0.2) is 42.6 Å². The molecule has 1 N–H and O–H groups in total. The molecule has 2 amide bonds. The van der Waals surface area contributed by atoms with Crippen LogP contribution in [-0.2, 0) is 4.79 Å². The maximum Gasteiger partial charge on any atom is 0.289 e. The SMILES string of the molecule is Cc1ccn2c(C(=O)NC[C@@H]3CC(=O)N(c4ccccc4)C3)nnc2n1. The van der Waals surface area contributed by atoms with Crippen LogP contribution in [0.2, 0.25) is 0 Å². The van der Waals surface area contributed by atoms with Crippen molar-refractivity contribution in [3.05, 3.63) is 54.1 Å². The van der Waals surface area contributed by atoms with Crippen molar-refractivity contribution in [2.24, 2.45) is 5.92 Å². The van der Waals surface area contributed by atoms with Crippen molar-refractivity contribution in [2.45, 2.75) is 13.3 Å². The molecular formula is C18H18N6O2. The molecule has 0 aliphatic carbocycles. The molecule has 1 aliphatic rings. The minimum Gasteiger partial charge on any atom is -0.349 e. The molecule has 0 saturated carbocycles. The van der Waals surface area contributed by atoms with E-state index in [0.717, 1.165) is 11.4 Å². The first-order valence-electron chi connectivity index (χ1n) is 8.44. The number of amides is 2. The van der Waals surface area contributed by atoms with Crippen LogP contribution < -0.4 is 10.2 Å². The van der Waals surface area contributed by atoms with Gasteiger partial charge in [0.05, 0.1) is 0 Å². The molecule has 0 spiro atoms. The van der Waals surface area contributed by atoms with Gasteiger partial charge in [-0.1, -0.05) is 18.2 Å². The van der Waals surface area contributed by atoms with Gasteiger partial charge in [-0.3, -0.25) is 14.0 Å². The summed E-state index contributed by atoms with van der Waals surface area (Å²) in [5.74, 6) is 0.390. The van der Waals surface area contributed by atoms with Crippen LogP contribution in [0.5, 0.6) is 0 Å². The Morgan fingerprint density at radius 3 is 2.85 bits per heavy atom. The zero-order chi connectivity index (χ0) is 18.1. The number of carbonyl (C=O) groups excluding carboxylic acids is 2. The van der Waals surface area contributed by atoms with Gasteiger partial charge in [-0.25, -0.2) is 4.98 Å². The molecule has 1 atom stereocenters. The summed E-state index contributed by atoms with van der Waals surface area (Å²) in [6, 6.07) is 11.3. The monoisotopic (exact) mass is 350 g/mol. The fraction of sp³-hybridized carbons (Fsp3) is 0.278. The number of nitrogens with one attached hydrogen (secondary N) is 1. The standard InChI is InChI=1S/C18H18N6O2/c1-12-7-8-23-16(21-22-18(23)20-12)17(26)19-10-13-9-15(25)24(11-13)14-5-3-2-4-6-14/h2-8,13H,9-11H2,1H3,(H,19,26)/t13-/m0/s1. The summed E-state index contributed by atoms with van der Waals surface area (Å²) in [6.07, 6.45) is 2.14. The Kier molecular flexibility index (Phi) is 4.08. The van der Waals surface area contributed by atoms with E-state index >= 15 is 0 Å². The lowest BCUT2D eigenvalue weighted by Gasteiger charge is -2.16. The topological polar surface area (TPSA) is 92.5 Å². The minimum absolute atomic E-state index is 0.0613. The third-order valence-electron chi connectivity index (χ3n) is 4.45. The van der Waals surface area contributed by atoms with E-state index in [2.05, 4.69) is 20.5 Å². The summed E-state index contributed by atoms with van der Waals surface area (Å²) >= 11 is 0. The van der Waals surface area contributed by atoms with Crippen molar-refractivity contribution < 1.29 is 9.59 Å². The second-order valence-corrected chi connectivity index (χ2v) is 6.38. The molecule has 1 saturated heterocycles. The van der Waals surface area contributed by atoms with Crippen LogP contribution in [0.1, 0.15) is 22.7 Å². The molecule has 0 radical (unpaired) electrons. The molecule has 1 aliphatic heterocycles. The third kappa shape index (κ3) is 3.01. The maximum absolute atomic E-state index is 12.4. The Bertz CT molecular complexity index is 968. The molecule has 26 heavy (non-hydrogen) atoms. The number of benzene rings is 1. The number of anilines is 1. The number of rotatable bonds is 4. The van der Waals surface area contributed by atoms with Crippen molar-refractivity contribution >= 4 is 23.3 Å². The molecule has 2 aromatic heterocycles. The number of para-hydroxylation sites is 1. The first-order valence-corrected chi connectivity index (χ1v) is 8.44. The predicted octanol–water partition coefficient (Wildman–Crippen LogP) is 1.22. The fourth-order valence-corrected chi connectivity index (χ4v) is 3.12. The molecule has 3 aromatic rings. The number of nitrogens with zero attached hydrogens (tertiary/aromatic N) is 5. The highest BCUT2D eigenvalue weighted by Crippen LogP contribution is 2.24. The van der Waals surface area contributed by atoms with Crippen molar-refractivity contribution in [1.82, 2.24) is 24.9 Å². The van der Waals surface area contributed by atoms with E-state index in [-0.39, 0.29) is 23.6 Å². The summed E-state index contributed by atoms with van der Waals surface area (Å²) < 4.78 is 1.55. The zero-order valence-electron chi connectivity index (χ0n) is 14.3. The summed E-state index contributed by atoms with van der Waals surface area (Å²) in [5, 5.41) is 10.7. The molecule has 8 heteroatoms. The first-order chi connectivity index (χ1) is 12.6. The van der Waals surface area contributed by atoms with Crippen LogP contribution in [0.3, 0.4) is 0 Å². The smallest absolute Gasteiger partial charge is 0.289 e. The lowest BCUT2D eigenvalue weighted by molar-refractivity contribution is -0.117. The average molecular weight is 350 g/mol. The molecule has 3 heterocycles. The van der Waals surface area contributed by atoms with Gasteiger partial charge in [0.25, 0.3) is 11.7 Å². The summed E-state index contributed by atoms with van der Waals surface area (Å²) in [4.78, 5) is 30.7. The van der Waals surface area contributed by atoms with Gasteiger partial charge in [0.1, 0.15) is 0 Å². The lowest BCUT2D eigenvalue weighted by Crippen LogP contribution is -2.32. The van der Waals surface area contributed by atoms with Gasteiger partial charge >= 0.3 is 0 Å². The van der Waals surface area contributed by atoms with E-state index in [1.165, 1.54) is 0 Å². The van der Waals surface area contributed by atoms with E-state index in [0.29, 0.717) is 25.3 Å². The maximum atomic E-state index is 12.4. The molecule has 4 rings (SSSR count). The molecular weight excluding hydrogens is 332 g/mol. The zero-order valence-corrected chi connectivity index (χ0v) is 14.3. The molecule has 1 fully saturated rings. The van der Waals surface area contributed by atoms with Crippen molar-refractivity contribution in [3.63, 3.8) is 0 Å². The van der Waals surface area contributed by atoms with E-state index in [4.69, 9.17) is 0 Å². The largest absolute Gasteiger partial charge is 0.349 e. The van der Waals surface area contributed by atoms with Crippen molar-refractivity contribution in [1.29, 1.82) is 0 Å². The van der Waals surface area contributed by atoms with Crippen molar-refractivity contribution in [3.8, 4) is 0 Å². The summed E-state index contributed by atoms with van der Waals surface area (Å²) in [5.41, 5.74) is 1.69. The molecule has 1 aromatic carbocycles. The van der Waals surface area contributed by atoms with E-state index in [9.17, 15) is 9.59 Å². The molecule has 0 unspecified atom stereocenters. The predicted molar refractivity (Wildman–Crippen MR) is 94.8 cm³/mol. The number of aryl methyl sites for hydroxylation is 1. The Hall–Kier alpha value is -3.29. The fourth-order valence-electron chi connectivity index (χ4n) is 3.12. The van der Waals surface area contributed by atoms with Gasteiger partial charge in [0.2, 0.25) is 11.7 Å². The van der Waals surface area contributed by atoms with Crippen LogP contribution in [-0.4, -0.2) is 44.5 Å². The molecule has 132 valence electrons.